The molecule has 1 atom stereocenters. The van der Waals surface area contributed by atoms with Crippen molar-refractivity contribution in [2.75, 3.05) is 0 Å². The molecule has 106 valence electrons. The van der Waals surface area contributed by atoms with Crippen LogP contribution < -0.4 is 0 Å². The maximum Gasteiger partial charge on any atom is 0.135 e. The number of hydrogen-bond acceptors (Lipinski definition) is 1. The van der Waals surface area contributed by atoms with Crippen molar-refractivity contribution < 1.29 is 18.3 Å². The predicted octanol–water partition coefficient (Wildman–Crippen LogP) is 3.86. The summed E-state index contributed by atoms with van der Waals surface area (Å²) in [7, 11) is 0. The van der Waals surface area contributed by atoms with Gasteiger partial charge in [-0.05, 0) is 43.2 Å². The first kappa shape index (κ1) is 14.6. The van der Waals surface area contributed by atoms with Gasteiger partial charge in [0.15, 0.2) is 0 Å². The van der Waals surface area contributed by atoms with E-state index in [9.17, 15) is 18.3 Å². The highest BCUT2D eigenvalue weighted by atomic mass is 19.1. The number of rotatable bonds is 3. The van der Waals surface area contributed by atoms with Crippen molar-refractivity contribution in [1.29, 1.82) is 0 Å². The van der Waals surface area contributed by atoms with Crippen molar-refractivity contribution >= 4 is 0 Å². The van der Waals surface area contributed by atoms with E-state index in [-0.39, 0.29) is 17.5 Å². The van der Waals surface area contributed by atoms with Gasteiger partial charge in [-0.25, -0.2) is 13.2 Å². The standard InChI is InChI=1S/C16H15F3O/c1-10-6-7-13(18)14(15(10)19)16(2,20)9-11-4-3-5-12(17)8-11/h3-8,20H,9H2,1-2H3. The van der Waals surface area contributed by atoms with Crippen LogP contribution in [0, 0.1) is 24.4 Å². The van der Waals surface area contributed by atoms with Crippen LogP contribution in [-0.2, 0) is 12.0 Å². The molecule has 2 aromatic rings. The van der Waals surface area contributed by atoms with E-state index >= 15 is 0 Å². The number of benzene rings is 2. The van der Waals surface area contributed by atoms with Gasteiger partial charge in [0.05, 0.1) is 11.2 Å². The van der Waals surface area contributed by atoms with Crippen molar-refractivity contribution in [1.82, 2.24) is 0 Å². The average molecular weight is 280 g/mol. The number of aryl methyl sites for hydroxylation is 1. The van der Waals surface area contributed by atoms with Crippen LogP contribution in [-0.4, -0.2) is 5.11 Å². The summed E-state index contributed by atoms with van der Waals surface area (Å²) in [6.07, 6.45) is -0.0813. The largest absolute Gasteiger partial charge is 0.385 e. The zero-order chi connectivity index (χ0) is 14.9. The molecule has 0 aliphatic carbocycles. The Kier molecular flexibility index (Phi) is 3.86. The van der Waals surface area contributed by atoms with E-state index in [1.54, 1.807) is 6.07 Å². The Morgan fingerprint density at radius 3 is 2.45 bits per heavy atom. The van der Waals surface area contributed by atoms with E-state index in [1.807, 2.05) is 0 Å². The fourth-order valence-electron chi connectivity index (χ4n) is 2.28. The van der Waals surface area contributed by atoms with Crippen molar-refractivity contribution in [3.05, 3.63) is 70.5 Å². The lowest BCUT2D eigenvalue weighted by atomic mass is 9.87. The summed E-state index contributed by atoms with van der Waals surface area (Å²) in [4.78, 5) is 0. The van der Waals surface area contributed by atoms with Crippen LogP contribution in [0.15, 0.2) is 36.4 Å². The highest BCUT2D eigenvalue weighted by molar-refractivity contribution is 5.33. The molecule has 0 aliphatic rings. The minimum atomic E-state index is -1.76. The highest BCUT2D eigenvalue weighted by Crippen LogP contribution is 2.31. The Labute approximate surface area is 115 Å². The second-order valence-electron chi connectivity index (χ2n) is 5.13. The molecule has 1 N–H and O–H groups in total. The van der Waals surface area contributed by atoms with Gasteiger partial charge in [-0.1, -0.05) is 18.2 Å². The van der Waals surface area contributed by atoms with Crippen LogP contribution in [0.25, 0.3) is 0 Å². The van der Waals surface area contributed by atoms with Crippen LogP contribution in [0.1, 0.15) is 23.6 Å². The summed E-state index contributed by atoms with van der Waals surface area (Å²) in [6, 6.07) is 8.03. The smallest absolute Gasteiger partial charge is 0.135 e. The second-order valence-corrected chi connectivity index (χ2v) is 5.13. The molecular weight excluding hydrogens is 265 g/mol. The Morgan fingerprint density at radius 2 is 1.80 bits per heavy atom. The third kappa shape index (κ3) is 2.85. The van der Waals surface area contributed by atoms with Gasteiger partial charge >= 0.3 is 0 Å². The Morgan fingerprint density at radius 1 is 1.10 bits per heavy atom. The third-order valence-corrected chi connectivity index (χ3v) is 3.26. The van der Waals surface area contributed by atoms with Crippen molar-refractivity contribution in [2.45, 2.75) is 25.9 Å². The fraction of sp³-hybridized carbons (Fsp3) is 0.250. The minimum Gasteiger partial charge on any atom is -0.385 e. The molecule has 0 saturated heterocycles. The summed E-state index contributed by atoms with van der Waals surface area (Å²) >= 11 is 0. The number of aliphatic hydroxyl groups is 1. The molecule has 1 unspecified atom stereocenters. The molecule has 0 aliphatic heterocycles. The van der Waals surface area contributed by atoms with Gasteiger partial charge in [0, 0.05) is 6.42 Å². The van der Waals surface area contributed by atoms with E-state index in [0.717, 1.165) is 6.07 Å². The third-order valence-electron chi connectivity index (χ3n) is 3.26. The molecule has 0 saturated carbocycles. The maximum absolute atomic E-state index is 14.1. The molecule has 20 heavy (non-hydrogen) atoms. The Bertz CT molecular complexity index is 636. The first-order valence-corrected chi connectivity index (χ1v) is 6.23. The van der Waals surface area contributed by atoms with Gasteiger partial charge in [0.25, 0.3) is 0 Å². The molecule has 0 fully saturated rings. The van der Waals surface area contributed by atoms with Crippen LogP contribution >= 0.6 is 0 Å². The number of hydrogen-bond donors (Lipinski definition) is 1. The predicted molar refractivity (Wildman–Crippen MR) is 70.8 cm³/mol. The lowest BCUT2D eigenvalue weighted by Crippen LogP contribution is -2.27. The molecule has 0 spiro atoms. The molecule has 0 radical (unpaired) electrons. The molecule has 0 aromatic heterocycles. The summed E-state index contributed by atoms with van der Waals surface area (Å²) in [5, 5.41) is 10.4. The summed E-state index contributed by atoms with van der Waals surface area (Å²) in [6.45, 7) is 2.81. The normalized spacial score (nSPS) is 14.1. The molecule has 2 rings (SSSR count). The zero-order valence-corrected chi connectivity index (χ0v) is 11.3. The molecule has 0 amide bonds. The molecule has 0 bridgehead atoms. The summed E-state index contributed by atoms with van der Waals surface area (Å²) in [5.74, 6) is -2.04. The van der Waals surface area contributed by atoms with Gasteiger partial charge in [-0.2, -0.15) is 0 Å². The first-order chi connectivity index (χ1) is 9.31. The van der Waals surface area contributed by atoms with Crippen LogP contribution in [0.5, 0.6) is 0 Å². The van der Waals surface area contributed by atoms with E-state index in [0.29, 0.717) is 5.56 Å². The Balaban J connectivity index is 2.43. The van der Waals surface area contributed by atoms with Crippen molar-refractivity contribution in [2.24, 2.45) is 0 Å². The minimum absolute atomic E-state index is 0.0813. The van der Waals surface area contributed by atoms with E-state index in [4.69, 9.17) is 0 Å². The van der Waals surface area contributed by atoms with Crippen molar-refractivity contribution in [3.8, 4) is 0 Å². The van der Waals surface area contributed by atoms with Crippen LogP contribution in [0.3, 0.4) is 0 Å². The van der Waals surface area contributed by atoms with Gasteiger partial charge in [0.2, 0.25) is 0 Å². The fourth-order valence-corrected chi connectivity index (χ4v) is 2.28. The SMILES string of the molecule is Cc1ccc(F)c(C(C)(O)Cc2cccc(F)c2)c1F. The molecule has 1 nitrogen and oxygen atoms in total. The second kappa shape index (κ2) is 5.29. The van der Waals surface area contributed by atoms with Crippen LogP contribution in [0.4, 0.5) is 13.2 Å². The summed E-state index contributed by atoms with van der Waals surface area (Å²) < 4.78 is 41.0. The van der Waals surface area contributed by atoms with Gasteiger partial charge in [0.1, 0.15) is 17.5 Å². The molecule has 4 heteroatoms. The highest BCUT2D eigenvalue weighted by Gasteiger charge is 2.31. The topological polar surface area (TPSA) is 20.2 Å². The lowest BCUT2D eigenvalue weighted by Gasteiger charge is -2.25. The summed E-state index contributed by atoms with van der Waals surface area (Å²) in [5.41, 5.74) is -1.42. The van der Waals surface area contributed by atoms with Gasteiger partial charge < -0.3 is 5.11 Å². The first-order valence-electron chi connectivity index (χ1n) is 6.23. The monoisotopic (exact) mass is 280 g/mol. The Hall–Kier alpha value is -1.81. The van der Waals surface area contributed by atoms with Gasteiger partial charge in [-0.15, -0.1) is 0 Å². The van der Waals surface area contributed by atoms with Gasteiger partial charge in [-0.3, -0.25) is 0 Å². The molecule has 0 heterocycles. The van der Waals surface area contributed by atoms with E-state index in [2.05, 4.69) is 0 Å². The lowest BCUT2D eigenvalue weighted by molar-refractivity contribution is 0.0495. The number of halogens is 3. The van der Waals surface area contributed by atoms with Crippen LogP contribution in [0.2, 0.25) is 0 Å². The maximum atomic E-state index is 14.1. The zero-order valence-electron chi connectivity index (χ0n) is 11.3. The quantitative estimate of drug-likeness (QED) is 0.905. The van der Waals surface area contributed by atoms with E-state index in [1.165, 1.54) is 38.1 Å². The molecular formula is C16H15F3O. The van der Waals surface area contributed by atoms with E-state index < -0.39 is 23.1 Å². The molecule has 2 aromatic carbocycles. The average Bonchev–Trinajstić information content (AvgIpc) is 2.33. The van der Waals surface area contributed by atoms with Crippen molar-refractivity contribution in [3.63, 3.8) is 0 Å².